The van der Waals surface area contributed by atoms with Gasteiger partial charge in [-0.25, -0.2) is 0 Å². The molecule has 6 nitrogen and oxygen atoms in total. The van der Waals surface area contributed by atoms with E-state index in [2.05, 4.69) is 39.5 Å². The fraction of sp³-hybridized carbons (Fsp3) is 0.346. The van der Waals surface area contributed by atoms with Crippen LogP contribution in [0.4, 0.5) is 5.82 Å². The van der Waals surface area contributed by atoms with Gasteiger partial charge in [-0.2, -0.15) is 0 Å². The first-order chi connectivity index (χ1) is 15.6. The van der Waals surface area contributed by atoms with E-state index in [0.29, 0.717) is 13.1 Å². The van der Waals surface area contributed by atoms with Gasteiger partial charge >= 0.3 is 0 Å². The van der Waals surface area contributed by atoms with E-state index in [1.54, 1.807) is 7.11 Å². The molecule has 166 valence electrons. The Bertz CT molecular complexity index is 1030. The number of hydrogen-bond acceptors (Lipinski definition) is 5. The smallest absolute Gasteiger partial charge is 0.224 e. The van der Waals surface area contributed by atoms with Gasteiger partial charge in [0.1, 0.15) is 5.75 Å². The van der Waals surface area contributed by atoms with Gasteiger partial charge < -0.3 is 15.0 Å². The lowest BCUT2D eigenvalue weighted by atomic mass is 9.97. The van der Waals surface area contributed by atoms with Crippen molar-refractivity contribution < 1.29 is 9.53 Å². The number of anilines is 1. The molecular weight excluding hydrogens is 400 g/mol. The summed E-state index contributed by atoms with van der Waals surface area (Å²) < 4.78 is 5.19. The molecule has 2 aromatic carbocycles. The summed E-state index contributed by atoms with van der Waals surface area (Å²) in [5.41, 5.74) is 4.33. The minimum absolute atomic E-state index is 0.0301. The Morgan fingerprint density at radius 2 is 1.91 bits per heavy atom. The van der Waals surface area contributed by atoms with Crippen molar-refractivity contribution in [2.75, 3.05) is 31.6 Å². The summed E-state index contributed by atoms with van der Waals surface area (Å²) in [4.78, 5) is 14.9. The average molecular weight is 431 g/mol. The number of hydrogen-bond donors (Lipinski definition) is 1. The first-order valence-corrected chi connectivity index (χ1v) is 11.2. The lowest BCUT2D eigenvalue weighted by Gasteiger charge is -2.32. The highest BCUT2D eigenvalue weighted by molar-refractivity contribution is 5.79. The summed E-state index contributed by atoms with van der Waals surface area (Å²) in [6.07, 6.45) is 2.68. The zero-order valence-electron chi connectivity index (χ0n) is 18.8. The number of piperidine rings is 1. The molecule has 2 heterocycles. The summed E-state index contributed by atoms with van der Waals surface area (Å²) in [6.45, 7) is 4.28. The van der Waals surface area contributed by atoms with E-state index in [9.17, 15) is 4.79 Å². The summed E-state index contributed by atoms with van der Waals surface area (Å²) in [7, 11) is 1.66. The third kappa shape index (κ3) is 5.25. The maximum atomic E-state index is 12.7. The van der Waals surface area contributed by atoms with Crippen molar-refractivity contribution in [3.8, 4) is 17.0 Å². The van der Waals surface area contributed by atoms with Crippen molar-refractivity contribution in [1.82, 2.24) is 15.5 Å². The van der Waals surface area contributed by atoms with Crippen LogP contribution in [-0.2, 0) is 11.2 Å². The van der Waals surface area contributed by atoms with Crippen LogP contribution in [0.15, 0.2) is 60.7 Å². The van der Waals surface area contributed by atoms with Gasteiger partial charge in [0.25, 0.3) is 0 Å². The van der Waals surface area contributed by atoms with Crippen molar-refractivity contribution in [2.24, 2.45) is 5.92 Å². The Morgan fingerprint density at radius 1 is 1.09 bits per heavy atom. The molecule has 1 atom stereocenters. The number of carbonyl (C=O) groups excluding carboxylic acids is 1. The van der Waals surface area contributed by atoms with Crippen LogP contribution in [0.1, 0.15) is 24.0 Å². The Hall–Kier alpha value is -3.41. The Balaban J connectivity index is 1.31. The summed E-state index contributed by atoms with van der Waals surface area (Å²) in [5.74, 6) is 1.76. The fourth-order valence-corrected chi connectivity index (χ4v) is 4.16. The number of benzene rings is 2. The molecule has 32 heavy (non-hydrogen) atoms. The number of methoxy groups -OCH3 is 1. The first-order valence-electron chi connectivity index (χ1n) is 11.2. The van der Waals surface area contributed by atoms with Gasteiger partial charge in [-0.1, -0.05) is 36.4 Å². The van der Waals surface area contributed by atoms with Crippen molar-refractivity contribution in [3.05, 3.63) is 71.8 Å². The minimum atomic E-state index is -0.0301. The van der Waals surface area contributed by atoms with Crippen LogP contribution in [0.25, 0.3) is 11.3 Å². The van der Waals surface area contributed by atoms with E-state index >= 15 is 0 Å². The van der Waals surface area contributed by atoms with E-state index < -0.39 is 0 Å². The number of carbonyl (C=O) groups is 1. The second-order valence-corrected chi connectivity index (χ2v) is 8.27. The van der Waals surface area contributed by atoms with Crippen LogP contribution in [0.5, 0.6) is 5.75 Å². The van der Waals surface area contributed by atoms with Gasteiger partial charge in [-0.15, -0.1) is 10.2 Å². The van der Waals surface area contributed by atoms with Gasteiger partial charge in [-0.05, 0) is 61.6 Å². The third-order valence-corrected chi connectivity index (χ3v) is 6.06. The van der Waals surface area contributed by atoms with Crippen LogP contribution in [0, 0.1) is 12.8 Å². The van der Waals surface area contributed by atoms with Crippen LogP contribution in [0.2, 0.25) is 0 Å². The maximum absolute atomic E-state index is 12.7. The second kappa shape index (κ2) is 10.3. The minimum Gasteiger partial charge on any atom is -0.497 e. The standard InChI is InChI=1S/C26H30N4O2/c1-19-6-3-4-8-23(19)24-13-14-25(29-28-24)30-17-5-7-21(18-30)26(31)27-16-15-20-9-11-22(32-2)12-10-20/h3-4,6,8-14,21H,5,7,15-18H2,1-2H3,(H,27,31). The molecular formula is C26H30N4O2. The molecule has 1 fully saturated rings. The second-order valence-electron chi connectivity index (χ2n) is 8.27. The molecule has 1 unspecified atom stereocenters. The predicted octanol–water partition coefficient (Wildman–Crippen LogP) is 4.04. The molecule has 1 amide bonds. The van der Waals surface area contributed by atoms with Crippen LogP contribution >= 0.6 is 0 Å². The Labute approximate surface area is 189 Å². The molecule has 4 rings (SSSR count). The molecule has 0 bridgehead atoms. The first kappa shape index (κ1) is 21.8. The highest BCUT2D eigenvalue weighted by Crippen LogP contribution is 2.25. The lowest BCUT2D eigenvalue weighted by Crippen LogP contribution is -2.43. The van der Waals surface area contributed by atoms with Crippen LogP contribution in [-0.4, -0.2) is 42.8 Å². The highest BCUT2D eigenvalue weighted by atomic mass is 16.5. The summed E-state index contributed by atoms with van der Waals surface area (Å²) in [5, 5.41) is 12.0. The molecule has 0 radical (unpaired) electrons. The number of nitrogens with zero attached hydrogens (tertiary/aromatic N) is 3. The third-order valence-electron chi connectivity index (χ3n) is 6.06. The van der Waals surface area contributed by atoms with E-state index in [4.69, 9.17) is 4.74 Å². The summed E-state index contributed by atoms with van der Waals surface area (Å²) >= 11 is 0. The van der Waals surface area contributed by atoms with Gasteiger partial charge in [0.2, 0.25) is 5.91 Å². The van der Waals surface area contributed by atoms with Crippen molar-refractivity contribution in [2.45, 2.75) is 26.2 Å². The molecule has 1 aromatic heterocycles. The molecule has 1 aliphatic heterocycles. The predicted molar refractivity (Wildman–Crippen MR) is 127 cm³/mol. The molecule has 0 aliphatic carbocycles. The number of rotatable bonds is 7. The normalized spacial score (nSPS) is 15.9. The Morgan fingerprint density at radius 3 is 2.62 bits per heavy atom. The van der Waals surface area contributed by atoms with Crippen molar-refractivity contribution in [1.29, 1.82) is 0 Å². The molecule has 6 heteroatoms. The number of nitrogens with one attached hydrogen (secondary N) is 1. The average Bonchev–Trinajstić information content (AvgIpc) is 2.85. The Kier molecular flexibility index (Phi) is 7.00. The van der Waals surface area contributed by atoms with Crippen molar-refractivity contribution >= 4 is 11.7 Å². The zero-order valence-corrected chi connectivity index (χ0v) is 18.8. The molecule has 1 saturated heterocycles. The topological polar surface area (TPSA) is 67.3 Å². The zero-order chi connectivity index (χ0) is 22.3. The number of ether oxygens (including phenoxy) is 1. The van der Waals surface area contributed by atoms with Crippen LogP contribution in [0.3, 0.4) is 0 Å². The van der Waals surface area contributed by atoms with E-state index in [1.807, 2.05) is 48.5 Å². The largest absolute Gasteiger partial charge is 0.497 e. The maximum Gasteiger partial charge on any atom is 0.224 e. The van der Waals surface area contributed by atoms with Gasteiger partial charge in [0, 0.05) is 25.2 Å². The molecule has 1 N–H and O–H groups in total. The molecule has 3 aromatic rings. The van der Waals surface area contributed by atoms with Crippen molar-refractivity contribution in [3.63, 3.8) is 0 Å². The lowest BCUT2D eigenvalue weighted by molar-refractivity contribution is -0.125. The molecule has 0 spiro atoms. The van der Waals surface area contributed by atoms with E-state index in [-0.39, 0.29) is 11.8 Å². The molecule has 1 aliphatic rings. The summed E-state index contributed by atoms with van der Waals surface area (Å²) in [6, 6.07) is 20.2. The van der Waals surface area contributed by atoms with E-state index in [1.165, 1.54) is 11.1 Å². The molecule has 0 saturated carbocycles. The number of aryl methyl sites for hydroxylation is 1. The van der Waals surface area contributed by atoms with E-state index in [0.717, 1.165) is 48.6 Å². The van der Waals surface area contributed by atoms with Crippen LogP contribution < -0.4 is 15.0 Å². The fourth-order valence-electron chi connectivity index (χ4n) is 4.16. The SMILES string of the molecule is COc1ccc(CCNC(=O)C2CCCN(c3ccc(-c4ccccc4C)nn3)C2)cc1. The highest BCUT2D eigenvalue weighted by Gasteiger charge is 2.26. The monoisotopic (exact) mass is 430 g/mol. The van der Waals surface area contributed by atoms with Gasteiger partial charge in [-0.3, -0.25) is 4.79 Å². The number of amides is 1. The van der Waals surface area contributed by atoms with Gasteiger partial charge in [0.05, 0.1) is 18.7 Å². The van der Waals surface area contributed by atoms with Gasteiger partial charge in [0.15, 0.2) is 5.82 Å². The number of aromatic nitrogens is 2. The quantitative estimate of drug-likeness (QED) is 0.613.